The zero-order valence-corrected chi connectivity index (χ0v) is 15.4. The van der Waals surface area contributed by atoms with Crippen LogP contribution in [0.4, 0.5) is 5.69 Å². The van der Waals surface area contributed by atoms with Gasteiger partial charge in [0, 0.05) is 25.0 Å². The first-order valence-corrected chi connectivity index (χ1v) is 9.89. The lowest BCUT2D eigenvalue weighted by atomic mass is 10.2. The van der Waals surface area contributed by atoms with Gasteiger partial charge in [0.15, 0.2) is 0 Å². The number of benzene rings is 2. The van der Waals surface area contributed by atoms with Crippen molar-refractivity contribution in [1.82, 2.24) is 8.96 Å². The second-order valence-electron chi connectivity index (χ2n) is 6.12. The molecule has 0 amide bonds. The molecule has 0 atom stereocenters. The molecule has 2 heterocycles. The lowest BCUT2D eigenvalue weighted by Crippen LogP contribution is -2.16. The SMILES string of the molecule is O=[N+]([O-])c1ccc(S(=O)(=O)n2c(CCc3ccco3)nc3ccccc32)cc1. The number of hydrogen-bond donors (Lipinski definition) is 0. The number of nitrogens with zero attached hydrogens (tertiary/aromatic N) is 3. The number of hydrogen-bond acceptors (Lipinski definition) is 6. The number of aromatic nitrogens is 2. The highest BCUT2D eigenvalue weighted by atomic mass is 32.2. The van der Waals surface area contributed by atoms with E-state index in [1.54, 1.807) is 36.6 Å². The largest absolute Gasteiger partial charge is 0.469 e. The van der Waals surface area contributed by atoms with Crippen LogP contribution in [0.15, 0.2) is 76.2 Å². The maximum Gasteiger partial charge on any atom is 0.269 e. The van der Waals surface area contributed by atoms with Gasteiger partial charge in [-0.1, -0.05) is 12.1 Å². The molecular formula is C19H15N3O5S. The first kappa shape index (κ1) is 17.9. The first-order valence-electron chi connectivity index (χ1n) is 8.45. The topological polar surface area (TPSA) is 108 Å². The van der Waals surface area contributed by atoms with Gasteiger partial charge in [0.05, 0.1) is 27.1 Å². The van der Waals surface area contributed by atoms with E-state index in [9.17, 15) is 18.5 Å². The van der Waals surface area contributed by atoms with Gasteiger partial charge in [-0.05, 0) is 36.4 Å². The summed E-state index contributed by atoms with van der Waals surface area (Å²) in [6.07, 6.45) is 2.41. The van der Waals surface area contributed by atoms with E-state index in [1.807, 2.05) is 6.07 Å². The highest BCUT2D eigenvalue weighted by Gasteiger charge is 2.25. The Morgan fingerprint density at radius 1 is 1.00 bits per heavy atom. The summed E-state index contributed by atoms with van der Waals surface area (Å²) in [6.45, 7) is 0. The molecule has 0 bridgehead atoms. The van der Waals surface area contributed by atoms with Gasteiger partial charge in [-0.3, -0.25) is 10.1 Å². The van der Waals surface area contributed by atoms with Crippen LogP contribution in [0.5, 0.6) is 0 Å². The number of imidazole rings is 1. The van der Waals surface area contributed by atoms with Crippen molar-refractivity contribution in [3.63, 3.8) is 0 Å². The number of aryl methyl sites for hydroxylation is 2. The fourth-order valence-electron chi connectivity index (χ4n) is 3.01. The molecule has 2 aromatic heterocycles. The summed E-state index contributed by atoms with van der Waals surface area (Å²) < 4.78 is 33.1. The molecule has 0 radical (unpaired) electrons. The highest BCUT2D eigenvalue weighted by molar-refractivity contribution is 7.90. The van der Waals surface area contributed by atoms with Crippen LogP contribution in [0.2, 0.25) is 0 Å². The van der Waals surface area contributed by atoms with Crippen LogP contribution < -0.4 is 0 Å². The Kier molecular flexibility index (Phi) is 4.44. The molecule has 0 N–H and O–H groups in total. The van der Waals surface area contributed by atoms with E-state index in [0.717, 1.165) is 5.76 Å². The van der Waals surface area contributed by atoms with Crippen LogP contribution >= 0.6 is 0 Å². The van der Waals surface area contributed by atoms with Crippen molar-refractivity contribution in [3.8, 4) is 0 Å². The summed E-state index contributed by atoms with van der Waals surface area (Å²) in [4.78, 5) is 14.7. The molecule has 2 aromatic carbocycles. The summed E-state index contributed by atoms with van der Waals surface area (Å²) >= 11 is 0. The van der Waals surface area contributed by atoms with Crippen molar-refractivity contribution in [2.45, 2.75) is 17.7 Å². The normalized spacial score (nSPS) is 11.7. The second-order valence-corrected chi connectivity index (χ2v) is 7.90. The monoisotopic (exact) mass is 397 g/mol. The predicted molar refractivity (Wildman–Crippen MR) is 102 cm³/mol. The van der Waals surface area contributed by atoms with Crippen LogP contribution in [0.1, 0.15) is 11.6 Å². The van der Waals surface area contributed by atoms with Crippen molar-refractivity contribution in [2.24, 2.45) is 0 Å². The van der Waals surface area contributed by atoms with Gasteiger partial charge in [0.1, 0.15) is 11.6 Å². The average Bonchev–Trinajstić information content (AvgIpc) is 3.33. The molecule has 8 nitrogen and oxygen atoms in total. The Hall–Kier alpha value is -3.46. The predicted octanol–water partition coefficient (Wildman–Crippen LogP) is 3.56. The van der Waals surface area contributed by atoms with E-state index in [2.05, 4.69) is 4.98 Å². The summed E-state index contributed by atoms with van der Waals surface area (Å²) in [6, 6.07) is 15.4. The molecule has 9 heteroatoms. The molecule has 0 aliphatic rings. The van der Waals surface area contributed by atoms with E-state index in [-0.39, 0.29) is 10.6 Å². The molecule has 142 valence electrons. The Labute approximate surface area is 160 Å². The molecule has 0 aliphatic heterocycles. The number of para-hydroxylation sites is 2. The van der Waals surface area contributed by atoms with Gasteiger partial charge in [0.25, 0.3) is 15.7 Å². The summed E-state index contributed by atoms with van der Waals surface area (Å²) in [5, 5.41) is 10.8. The van der Waals surface area contributed by atoms with Crippen LogP contribution in [0.3, 0.4) is 0 Å². The lowest BCUT2D eigenvalue weighted by Gasteiger charge is -2.10. The zero-order valence-electron chi connectivity index (χ0n) is 14.6. The maximum absolute atomic E-state index is 13.3. The highest BCUT2D eigenvalue weighted by Crippen LogP contribution is 2.25. The second kappa shape index (κ2) is 6.93. The smallest absolute Gasteiger partial charge is 0.269 e. The van der Waals surface area contributed by atoms with Gasteiger partial charge >= 0.3 is 0 Å². The third kappa shape index (κ3) is 3.16. The van der Waals surface area contributed by atoms with Crippen LogP contribution in [-0.4, -0.2) is 22.3 Å². The van der Waals surface area contributed by atoms with E-state index >= 15 is 0 Å². The van der Waals surface area contributed by atoms with Crippen molar-refractivity contribution in [2.75, 3.05) is 0 Å². The van der Waals surface area contributed by atoms with Crippen LogP contribution in [0.25, 0.3) is 11.0 Å². The molecule has 0 aliphatic carbocycles. The summed E-state index contributed by atoms with van der Waals surface area (Å²) in [7, 11) is -3.99. The molecular weight excluding hydrogens is 382 g/mol. The van der Waals surface area contributed by atoms with Gasteiger partial charge in [-0.15, -0.1) is 0 Å². The van der Waals surface area contributed by atoms with Gasteiger partial charge < -0.3 is 4.42 Å². The third-order valence-corrected chi connectivity index (χ3v) is 6.10. The Balaban J connectivity index is 1.81. The molecule has 4 aromatic rings. The molecule has 0 saturated heterocycles. The minimum Gasteiger partial charge on any atom is -0.469 e. The minimum atomic E-state index is -3.99. The number of nitro benzene ring substituents is 1. The van der Waals surface area contributed by atoms with Gasteiger partial charge in [-0.25, -0.2) is 17.4 Å². The van der Waals surface area contributed by atoms with Crippen LogP contribution in [0, 0.1) is 10.1 Å². The van der Waals surface area contributed by atoms with E-state index in [0.29, 0.717) is 29.7 Å². The average molecular weight is 397 g/mol. The van der Waals surface area contributed by atoms with Crippen molar-refractivity contribution in [1.29, 1.82) is 0 Å². The van der Waals surface area contributed by atoms with Crippen molar-refractivity contribution in [3.05, 3.63) is 88.6 Å². The lowest BCUT2D eigenvalue weighted by molar-refractivity contribution is -0.384. The number of non-ortho nitro benzene ring substituents is 1. The molecule has 28 heavy (non-hydrogen) atoms. The molecule has 0 saturated carbocycles. The summed E-state index contributed by atoms with van der Waals surface area (Å²) in [5.41, 5.74) is 0.838. The molecule has 0 fully saturated rings. The minimum absolute atomic E-state index is 0.0412. The standard InChI is InChI=1S/C19H15N3O5S/c23-22(24)14-7-10-16(11-8-14)28(25,26)21-18-6-2-1-5-17(18)20-19(21)12-9-15-4-3-13-27-15/h1-8,10-11,13H,9,12H2. The summed E-state index contributed by atoms with van der Waals surface area (Å²) in [5.74, 6) is 1.10. The number of rotatable bonds is 6. The Morgan fingerprint density at radius 3 is 2.43 bits per heavy atom. The fraction of sp³-hybridized carbons (Fsp3) is 0.105. The van der Waals surface area contributed by atoms with Crippen molar-refractivity contribution < 1.29 is 17.8 Å². The van der Waals surface area contributed by atoms with Gasteiger partial charge in [0.2, 0.25) is 0 Å². The van der Waals surface area contributed by atoms with E-state index in [1.165, 1.54) is 28.2 Å². The maximum atomic E-state index is 13.3. The number of nitro groups is 1. The molecule has 4 rings (SSSR count). The fourth-order valence-corrected chi connectivity index (χ4v) is 4.53. The number of furan rings is 1. The third-order valence-electron chi connectivity index (χ3n) is 4.35. The molecule has 0 unspecified atom stereocenters. The number of fused-ring (bicyclic) bond motifs is 1. The first-order chi connectivity index (χ1) is 13.5. The van der Waals surface area contributed by atoms with Gasteiger partial charge in [-0.2, -0.15) is 0 Å². The van der Waals surface area contributed by atoms with Crippen molar-refractivity contribution >= 4 is 26.7 Å². The Bertz CT molecular complexity index is 1240. The van der Waals surface area contributed by atoms with E-state index < -0.39 is 14.9 Å². The van der Waals surface area contributed by atoms with E-state index in [4.69, 9.17) is 4.42 Å². The zero-order chi connectivity index (χ0) is 19.7. The quantitative estimate of drug-likeness (QED) is 0.364. The molecule has 0 spiro atoms. The Morgan fingerprint density at radius 2 is 1.75 bits per heavy atom. The van der Waals surface area contributed by atoms with Crippen LogP contribution in [-0.2, 0) is 22.9 Å².